The van der Waals surface area contributed by atoms with Gasteiger partial charge in [0.05, 0.1) is 5.69 Å². The highest BCUT2D eigenvalue weighted by atomic mass is 16.2. The zero-order chi connectivity index (χ0) is 23.1. The minimum absolute atomic E-state index is 0.137. The molecular formula is C32H27NO. The molecule has 6 rings (SSSR count). The van der Waals surface area contributed by atoms with Crippen molar-refractivity contribution in [2.24, 2.45) is 0 Å². The molecule has 0 N–H and O–H groups in total. The molecule has 0 aromatic heterocycles. The van der Waals surface area contributed by atoms with Crippen LogP contribution in [0.5, 0.6) is 0 Å². The molecule has 2 heteroatoms. The summed E-state index contributed by atoms with van der Waals surface area (Å²) in [5.74, 6) is 0.137. The Bertz CT molecular complexity index is 1380. The third-order valence-electron chi connectivity index (χ3n) is 7.27. The van der Waals surface area contributed by atoms with Gasteiger partial charge in [-0.15, -0.1) is 0 Å². The van der Waals surface area contributed by atoms with E-state index in [2.05, 4.69) is 84.9 Å². The van der Waals surface area contributed by atoms with Crippen LogP contribution < -0.4 is 4.90 Å². The van der Waals surface area contributed by atoms with Crippen LogP contribution in [0.1, 0.15) is 40.7 Å². The second kappa shape index (κ2) is 8.14. The zero-order valence-electron chi connectivity index (χ0n) is 19.4. The van der Waals surface area contributed by atoms with Crippen LogP contribution in [0.4, 0.5) is 5.69 Å². The molecular weight excluding hydrogens is 414 g/mol. The lowest BCUT2D eigenvalue weighted by molar-refractivity contribution is -0.121. The maximum atomic E-state index is 14.3. The van der Waals surface area contributed by atoms with E-state index in [-0.39, 0.29) is 5.91 Å². The van der Waals surface area contributed by atoms with Crippen molar-refractivity contribution in [3.63, 3.8) is 0 Å². The second-order valence-electron chi connectivity index (χ2n) is 9.34. The predicted octanol–water partition coefficient (Wildman–Crippen LogP) is 6.79. The summed E-state index contributed by atoms with van der Waals surface area (Å²) in [6, 6.07) is 37.8. The molecule has 34 heavy (non-hydrogen) atoms. The summed E-state index contributed by atoms with van der Waals surface area (Å²) in [5, 5.41) is 0. The van der Waals surface area contributed by atoms with Crippen LogP contribution in [-0.2, 0) is 16.6 Å². The van der Waals surface area contributed by atoms with E-state index >= 15 is 0 Å². The summed E-state index contributed by atoms with van der Waals surface area (Å²) in [6.07, 6.45) is 2.88. The van der Waals surface area contributed by atoms with E-state index < -0.39 is 5.41 Å². The molecule has 1 heterocycles. The molecule has 166 valence electrons. The van der Waals surface area contributed by atoms with Crippen molar-refractivity contribution >= 4 is 17.2 Å². The molecule has 2 nitrogen and oxygen atoms in total. The van der Waals surface area contributed by atoms with Gasteiger partial charge < -0.3 is 4.90 Å². The summed E-state index contributed by atoms with van der Waals surface area (Å²) >= 11 is 0. The first-order chi connectivity index (χ1) is 16.7. The van der Waals surface area contributed by atoms with Crippen LogP contribution in [0.25, 0.3) is 5.57 Å². The summed E-state index contributed by atoms with van der Waals surface area (Å²) in [4.78, 5) is 16.2. The topological polar surface area (TPSA) is 20.3 Å². The number of fused-ring (bicyclic) bond motifs is 1. The number of anilines is 1. The van der Waals surface area contributed by atoms with Crippen molar-refractivity contribution in [1.29, 1.82) is 0 Å². The van der Waals surface area contributed by atoms with Gasteiger partial charge in [0.2, 0.25) is 5.91 Å². The summed E-state index contributed by atoms with van der Waals surface area (Å²) < 4.78 is 0. The highest BCUT2D eigenvalue weighted by Crippen LogP contribution is 2.52. The number of carbonyl (C=O) groups excluding carboxylic acids is 1. The zero-order valence-corrected chi connectivity index (χ0v) is 19.4. The Morgan fingerprint density at radius 2 is 1.38 bits per heavy atom. The standard InChI is InChI=1S/C32H27NO/c1-33-30-27(29(25-20-21-25)24-14-7-3-8-15-24)18-11-19-28(30)32(31(33)34,26-16-9-4-10-17-26)22-23-12-5-2-6-13-23/h2-19H,20-22H2,1H3/t32-/m0/s1. The lowest BCUT2D eigenvalue weighted by Crippen LogP contribution is -2.41. The average molecular weight is 442 g/mol. The van der Waals surface area contributed by atoms with Crippen molar-refractivity contribution in [3.05, 3.63) is 143 Å². The Balaban J connectivity index is 1.61. The number of hydrogen-bond donors (Lipinski definition) is 0. The molecule has 1 atom stereocenters. The molecule has 1 saturated carbocycles. The number of hydrogen-bond acceptors (Lipinski definition) is 1. The molecule has 0 saturated heterocycles. The van der Waals surface area contributed by atoms with Gasteiger partial charge in [-0.1, -0.05) is 115 Å². The number of likely N-dealkylation sites (N-methyl/N-ethyl adjacent to an activating group) is 1. The molecule has 4 aromatic rings. The van der Waals surface area contributed by atoms with Crippen LogP contribution in [0.15, 0.2) is 115 Å². The summed E-state index contributed by atoms with van der Waals surface area (Å²) in [5.41, 5.74) is 8.76. The Morgan fingerprint density at radius 1 is 0.765 bits per heavy atom. The van der Waals surface area contributed by atoms with Crippen molar-refractivity contribution in [3.8, 4) is 0 Å². The monoisotopic (exact) mass is 441 g/mol. The average Bonchev–Trinajstić information content (AvgIpc) is 3.70. The largest absolute Gasteiger partial charge is 0.313 e. The second-order valence-corrected chi connectivity index (χ2v) is 9.34. The maximum Gasteiger partial charge on any atom is 0.242 e. The number of para-hydroxylation sites is 1. The minimum Gasteiger partial charge on any atom is -0.313 e. The first-order valence-electron chi connectivity index (χ1n) is 12.0. The summed E-state index contributed by atoms with van der Waals surface area (Å²) in [6.45, 7) is 0. The van der Waals surface area contributed by atoms with Crippen LogP contribution in [0.3, 0.4) is 0 Å². The van der Waals surface area contributed by atoms with E-state index in [0.29, 0.717) is 6.42 Å². The van der Waals surface area contributed by atoms with Crippen molar-refractivity contribution in [1.82, 2.24) is 0 Å². The molecule has 0 spiro atoms. The maximum absolute atomic E-state index is 14.3. The van der Waals surface area contributed by atoms with Gasteiger partial charge in [0.1, 0.15) is 5.41 Å². The van der Waals surface area contributed by atoms with Gasteiger partial charge in [-0.25, -0.2) is 0 Å². The fourth-order valence-electron chi connectivity index (χ4n) is 5.60. The Morgan fingerprint density at radius 3 is 2.03 bits per heavy atom. The van der Waals surface area contributed by atoms with Crippen LogP contribution >= 0.6 is 0 Å². The third-order valence-corrected chi connectivity index (χ3v) is 7.27. The van der Waals surface area contributed by atoms with Crippen molar-refractivity contribution in [2.45, 2.75) is 24.7 Å². The van der Waals surface area contributed by atoms with E-state index in [0.717, 1.165) is 40.8 Å². The number of amides is 1. The van der Waals surface area contributed by atoms with E-state index in [1.807, 2.05) is 36.2 Å². The van der Waals surface area contributed by atoms with Gasteiger partial charge in [0, 0.05) is 12.6 Å². The highest BCUT2D eigenvalue weighted by Gasteiger charge is 2.52. The Labute approximate surface area is 201 Å². The molecule has 0 radical (unpaired) electrons. The lowest BCUT2D eigenvalue weighted by Gasteiger charge is -2.29. The third kappa shape index (κ3) is 3.21. The molecule has 0 unspecified atom stereocenters. The summed E-state index contributed by atoms with van der Waals surface area (Å²) in [7, 11) is 1.94. The van der Waals surface area contributed by atoms with Crippen molar-refractivity contribution < 1.29 is 4.79 Å². The van der Waals surface area contributed by atoms with Crippen LogP contribution in [-0.4, -0.2) is 13.0 Å². The molecule has 1 fully saturated rings. The number of nitrogens with zero attached hydrogens (tertiary/aromatic N) is 1. The van der Waals surface area contributed by atoms with E-state index in [1.165, 1.54) is 16.7 Å². The Kier molecular flexibility index (Phi) is 4.95. The molecule has 1 amide bonds. The lowest BCUT2D eigenvalue weighted by atomic mass is 9.70. The fourth-order valence-corrected chi connectivity index (χ4v) is 5.60. The van der Waals surface area contributed by atoms with Gasteiger partial charge in [0.25, 0.3) is 0 Å². The quantitative estimate of drug-likeness (QED) is 0.334. The molecule has 1 aliphatic carbocycles. The predicted molar refractivity (Wildman–Crippen MR) is 139 cm³/mol. The van der Waals surface area contributed by atoms with Gasteiger partial charge in [-0.2, -0.15) is 0 Å². The number of benzene rings is 4. The van der Waals surface area contributed by atoms with Crippen LogP contribution in [0.2, 0.25) is 0 Å². The normalized spacial score (nSPS) is 18.7. The van der Waals surface area contributed by atoms with E-state index in [4.69, 9.17) is 0 Å². The number of rotatable bonds is 5. The number of carbonyl (C=O) groups is 1. The van der Waals surface area contributed by atoms with Gasteiger partial charge in [-0.3, -0.25) is 4.79 Å². The molecule has 1 aliphatic heterocycles. The minimum atomic E-state index is -0.751. The smallest absolute Gasteiger partial charge is 0.242 e. The first kappa shape index (κ1) is 20.7. The first-order valence-corrected chi connectivity index (χ1v) is 12.0. The molecule has 0 bridgehead atoms. The highest BCUT2D eigenvalue weighted by molar-refractivity contribution is 6.13. The van der Waals surface area contributed by atoms with Crippen LogP contribution in [0, 0.1) is 0 Å². The fraction of sp³-hybridized carbons (Fsp3) is 0.156. The van der Waals surface area contributed by atoms with E-state index in [1.54, 1.807) is 0 Å². The van der Waals surface area contributed by atoms with Gasteiger partial charge in [-0.05, 0) is 47.1 Å². The molecule has 2 aliphatic rings. The van der Waals surface area contributed by atoms with Crippen molar-refractivity contribution in [2.75, 3.05) is 11.9 Å². The van der Waals surface area contributed by atoms with E-state index in [9.17, 15) is 4.79 Å². The van der Waals surface area contributed by atoms with Gasteiger partial charge in [0.15, 0.2) is 0 Å². The SMILES string of the molecule is CN1C(=O)[C@@](Cc2ccccc2)(c2ccccc2)c2cccc(C(=C3CC3)c3ccccc3)c21. The van der Waals surface area contributed by atoms with Gasteiger partial charge >= 0.3 is 0 Å². The Hall–Kier alpha value is -3.91. The number of allylic oxidation sites excluding steroid dienone is 1. The molecule has 4 aromatic carbocycles.